The molecule has 7 heteroatoms. The smallest absolute Gasteiger partial charge is 0.365 e. The highest BCUT2D eigenvalue weighted by atomic mass is 32.1. The van der Waals surface area contributed by atoms with E-state index in [-0.39, 0.29) is 17.5 Å². The summed E-state index contributed by atoms with van der Waals surface area (Å²) in [6.07, 6.45) is 4.45. The van der Waals surface area contributed by atoms with Crippen LogP contribution in [0.3, 0.4) is 0 Å². The summed E-state index contributed by atoms with van der Waals surface area (Å²) in [5, 5.41) is 10.7. The molecule has 0 atom stereocenters. The Morgan fingerprint density at radius 1 is 1.47 bits per heavy atom. The first-order valence-corrected chi connectivity index (χ1v) is 7.14. The summed E-state index contributed by atoms with van der Waals surface area (Å²) in [6.45, 7) is 0.683. The van der Waals surface area contributed by atoms with Crippen LogP contribution in [-0.4, -0.2) is 39.5 Å². The van der Waals surface area contributed by atoms with E-state index >= 15 is 0 Å². The van der Waals surface area contributed by atoms with Crippen LogP contribution in [0.2, 0.25) is 0 Å². The third kappa shape index (κ3) is 3.74. The van der Waals surface area contributed by atoms with E-state index in [4.69, 9.17) is 10.8 Å². The van der Waals surface area contributed by atoms with Crippen LogP contribution in [0.4, 0.5) is 0 Å². The highest BCUT2D eigenvalue weighted by Gasteiger charge is 2.24. The fourth-order valence-electron chi connectivity index (χ4n) is 2.47. The van der Waals surface area contributed by atoms with E-state index in [1.807, 2.05) is 4.90 Å². The summed E-state index contributed by atoms with van der Waals surface area (Å²) in [5.74, 6) is -1.38. The zero-order valence-electron chi connectivity index (χ0n) is 10.5. The molecule has 104 valence electrons. The van der Waals surface area contributed by atoms with Gasteiger partial charge in [0.15, 0.2) is 0 Å². The second-order valence-electron chi connectivity index (χ2n) is 4.76. The number of nitrogens with two attached hydrogens (primary N) is 1. The van der Waals surface area contributed by atoms with Gasteiger partial charge >= 0.3 is 5.97 Å². The fraction of sp³-hybridized carbons (Fsp3) is 0.583. The van der Waals surface area contributed by atoms with Gasteiger partial charge in [-0.05, 0) is 12.8 Å². The molecule has 0 aromatic carbocycles. The van der Waals surface area contributed by atoms with Crippen molar-refractivity contribution >= 4 is 23.2 Å². The zero-order chi connectivity index (χ0) is 13.8. The molecule has 3 N–H and O–H groups in total. The van der Waals surface area contributed by atoms with E-state index in [9.17, 15) is 9.59 Å². The summed E-state index contributed by atoms with van der Waals surface area (Å²) in [6, 6.07) is 0.350. The number of thiazole rings is 1. The monoisotopic (exact) mass is 283 g/mol. The second-order valence-corrected chi connectivity index (χ2v) is 5.62. The van der Waals surface area contributed by atoms with E-state index in [2.05, 4.69) is 4.98 Å². The van der Waals surface area contributed by atoms with E-state index in [0.717, 1.165) is 37.0 Å². The van der Waals surface area contributed by atoms with Crippen LogP contribution in [0.25, 0.3) is 0 Å². The van der Waals surface area contributed by atoms with E-state index in [1.54, 1.807) is 5.38 Å². The lowest BCUT2D eigenvalue weighted by Gasteiger charge is -2.26. The normalized spacial score (nSPS) is 16.1. The third-order valence-corrected chi connectivity index (χ3v) is 4.18. The molecule has 1 aromatic rings. The Morgan fingerprint density at radius 2 is 2.16 bits per heavy atom. The molecule has 0 bridgehead atoms. The van der Waals surface area contributed by atoms with Crippen molar-refractivity contribution in [2.24, 2.45) is 5.73 Å². The molecular formula is C12H17N3O3S. The van der Waals surface area contributed by atoms with Gasteiger partial charge in [0.1, 0.15) is 0 Å². The Hall–Kier alpha value is -1.47. The molecule has 1 fully saturated rings. The summed E-state index contributed by atoms with van der Waals surface area (Å²) in [5.41, 5.74) is 5.97. The maximum Gasteiger partial charge on any atom is 0.365 e. The van der Waals surface area contributed by atoms with Crippen molar-refractivity contribution in [3.05, 3.63) is 16.1 Å². The van der Waals surface area contributed by atoms with E-state index < -0.39 is 5.97 Å². The van der Waals surface area contributed by atoms with Crippen molar-refractivity contribution in [1.82, 2.24) is 9.88 Å². The number of carbonyl (C=O) groups is 2. The molecule has 0 unspecified atom stereocenters. The van der Waals surface area contributed by atoms with Gasteiger partial charge in [0.05, 0.1) is 12.2 Å². The number of hydrogen-bond donors (Lipinski definition) is 2. The number of aromatic carboxylic acids is 1. The van der Waals surface area contributed by atoms with Gasteiger partial charge in [-0.15, -0.1) is 11.3 Å². The van der Waals surface area contributed by atoms with Gasteiger partial charge in [-0.2, -0.15) is 0 Å². The highest BCUT2D eigenvalue weighted by Crippen LogP contribution is 2.25. The molecule has 1 heterocycles. The minimum Gasteiger partial charge on any atom is -0.476 e. The molecule has 19 heavy (non-hydrogen) atoms. The molecule has 6 nitrogen and oxygen atoms in total. The molecule has 1 saturated carbocycles. The van der Waals surface area contributed by atoms with Crippen molar-refractivity contribution in [1.29, 1.82) is 0 Å². The third-order valence-electron chi connectivity index (χ3n) is 3.30. The molecule has 1 aliphatic carbocycles. The van der Waals surface area contributed by atoms with Crippen LogP contribution in [0.5, 0.6) is 0 Å². The van der Waals surface area contributed by atoms with Crippen LogP contribution in [0.15, 0.2) is 5.38 Å². The molecule has 0 radical (unpaired) electrons. The number of carbonyl (C=O) groups excluding carboxylic acids is 1. The van der Waals surface area contributed by atoms with Crippen LogP contribution in [-0.2, 0) is 11.3 Å². The van der Waals surface area contributed by atoms with Crippen molar-refractivity contribution < 1.29 is 14.7 Å². The van der Waals surface area contributed by atoms with Gasteiger partial charge in [-0.3, -0.25) is 9.69 Å². The summed E-state index contributed by atoms with van der Waals surface area (Å²) in [4.78, 5) is 28.0. The minimum atomic E-state index is -1.02. The topological polar surface area (TPSA) is 96.5 Å². The number of amides is 1. The van der Waals surface area contributed by atoms with Crippen LogP contribution >= 0.6 is 11.3 Å². The van der Waals surface area contributed by atoms with Gasteiger partial charge in [0.25, 0.3) is 0 Å². The van der Waals surface area contributed by atoms with E-state index in [1.165, 1.54) is 0 Å². The first-order chi connectivity index (χ1) is 9.06. The van der Waals surface area contributed by atoms with Crippen molar-refractivity contribution in [3.8, 4) is 0 Å². The summed E-state index contributed by atoms with van der Waals surface area (Å²) >= 11 is 1.11. The maximum absolute atomic E-state index is 11.1. The van der Waals surface area contributed by atoms with Gasteiger partial charge < -0.3 is 10.8 Å². The molecular weight excluding hydrogens is 266 g/mol. The van der Waals surface area contributed by atoms with E-state index in [0.29, 0.717) is 18.3 Å². The van der Waals surface area contributed by atoms with Crippen molar-refractivity contribution in [3.63, 3.8) is 0 Å². The molecule has 1 aromatic heterocycles. The average molecular weight is 283 g/mol. The molecule has 0 saturated heterocycles. The quantitative estimate of drug-likeness (QED) is 0.814. The number of aromatic nitrogens is 1. The number of nitrogens with zero attached hydrogens (tertiary/aromatic N) is 2. The Balaban J connectivity index is 2.05. The number of carboxylic acids is 1. The lowest BCUT2D eigenvalue weighted by molar-refractivity contribution is -0.119. The lowest BCUT2D eigenvalue weighted by Crippen LogP contribution is -2.39. The largest absolute Gasteiger partial charge is 0.476 e. The molecule has 1 aliphatic rings. The van der Waals surface area contributed by atoms with Crippen LogP contribution in [0.1, 0.15) is 41.2 Å². The molecule has 0 aliphatic heterocycles. The van der Waals surface area contributed by atoms with Crippen molar-refractivity contribution in [2.75, 3.05) is 6.54 Å². The first kappa shape index (κ1) is 14.0. The van der Waals surface area contributed by atoms with Gasteiger partial charge in [-0.25, -0.2) is 9.78 Å². The van der Waals surface area contributed by atoms with Gasteiger partial charge in [0.2, 0.25) is 10.9 Å². The van der Waals surface area contributed by atoms with Crippen LogP contribution < -0.4 is 5.73 Å². The van der Waals surface area contributed by atoms with Crippen molar-refractivity contribution in [2.45, 2.75) is 38.3 Å². The Morgan fingerprint density at radius 3 is 2.68 bits per heavy atom. The van der Waals surface area contributed by atoms with Crippen LogP contribution in [0, 0.1) is 0 Å². The van der Waals surface area contributed by atoms with Gasteiger partial charge in [-0.1, -0.05) is 12.8 Å². The Bertz CT molecular complexity index is 469. The Kier molecular flexibility index (Phi) is 4.49. The highest BCUT2D eigenvalue weighted by molar-refractivity contribution is 7.11. The number of rotatable bonds is 6. The fourth-order valence-corrected chi connectivity index (χ4v) is 3.12. The van der Waals surface area contributed by atoms with Gasteiger partial charge in [0, 0.05) is 18.0 Å². The molecule has 2 rings (SSSR count). The molecule has 1 amide bonds. The standard InChI is InChI=1S/C12H17N3O3S/c13-10(16)6-15(9-3-1-2-4-9)5-8-7-19-11(14-8)12(17)18/h7,9H,1-6H2,(H2,13,16)(H,17,18). The predicted octanol–water partition coefficient (Wildman–Crippen LogP) is 1.07. The lowest BCUT2D eigenvalue weighted by atomic mass is 10.2. The number of carboxylic acid groups (broad SMARTS) is 1. The predicted molar refractivity (Wildman–Crippen MR) is 70.9 cm³/mol. The summed E-state index contributed by atoms with van der Waals surface area (Å²) < 4.78 is 0. The zero-order valence-corrected chi connectivity index (χ0v) is 11.4. The first-order valence-electron chi connectivity index (χ1n) is 6.26. The number of primary amides is 1. The number of hydrogen-bond acceptors (Lipinski definition) is 5. The molecule has 0 spiro atoms. The average Bonchev–Trinajstić information content (AvgIpc) is 2.98. The second kappa shape index (κ2) is 6.12. The SMILES string of the molecule is NC(=O)CN(Cc1csc(C(=O)O)n1)C1CCCC1. The minimum absolute atomic E-state index is 0.0837. The maximum atomic E-state index is 11.1. The summed E-state index contributed by atoms with van der Waals surface area (Å²) in [7, 11) is 0. The Labute approximate surface area is 115 Å².